The van der Waals surface area contributed by atoms with E-state index >= 15 is 0 Å². The molecule has 7 heteroatoms. The third kappa shape index (κ3) is 3.42. The Balaban J connectivity index is 2.24. The van der Waals surface area contributed by atoms with Gasteiger partial charge in [-0.15, -0.1) is 0 Å². The minimum Gasteiger partial charge on any atom is -0.264 e. The van der Waals surface area contributed by atoms with E-state index in [0.717, 1.165) is 29.3 Å². The number of aromatic nitrogens is 1. The molecule has 0 amide bonds. The summed E-state index contributed by atoms with van der Waals surface area (Å²) < 4.78 is 39.9. The van der Waals surface area contributed by atoms with Crippen molar-refractivity contribution in [3.05, 3.63) is 59.2 Å². The molecule has 1 heterocycles. The Morgan fingerprint density at radius 2 is 2.14 bits per heavy atom. The smallest absolute Gasteiger partial charge is 0.240 e. The topological polar surface area (TPSA) is 82.8 Å². The highest BCUT2D eigenvalue weighted by Crippen LogP contribution is 2.15. The molecule has 0 fully saturated rings. The number of pyridine rings is 1. The summed E-state index contributed by atoms with van der Waals surface area (Å²) in [4.78, 5) is 3.78. The molecule has 0 aliphatic carbocycles. The van der Waals surface area contributed by atoms with E-state index in [1.54, 1.807) is 24.5 Å². The van der Waals surface area contributed by atoms with Crippen molar-refractivity contribution in [3.8, 4) is 6.07 Å². The molecule has 5 nitrogen and oxygen atoms in total. The molecule has 108 valence electrons. The Morgan fingerprint density at radius 3 is 2.81 bits per heavy atom. The number of aryl methyl sites for hydroxylation is 1. The van der Waals surface area contributed by atoms with Gasteiger partial charge >= 0.3 is 0 Å². The zero-order valence-corrected chi connectivity index (χ0v) is 12.0. The first-order chi connectivity index (χ1) is 9.94. The van der Waals surface area contributed by atoms with Crippen molar-refractivity contribution < 1.29 is 12.8 Å². The summed E-state index contributed by atoms with van der Waals surface area (Å²) in [7, 11) is -3.82. The fourth-order valence-electron chi connectivity index (χ4n) is 1.70. The summed E-state index contributed by atoms with van der Waals surface area (Å²) in [5, 5.41) is 8.74. The summed E-state index contributed by atoms with van der Waals surface area (Å²) in [6.45, 7) is 1.91. The van der Waals surface area contributed by atoms with Crippen molar-refractivity contribution in [1.82, 2.24) is 9.71 Å². The number of nitrogens with one attached hydrogen (secondary N) is 1. The van der Waals surface area contributed by atoms with Crippen LogP contribution in [0.1, 0.15) is 16.7 Å². The van der Waals surface area contributed by atoms with Crippen molar-refractivity contribution in [2.45, 2.75) is 18.4 Å². The number of halogens is 1. The Kier molecular flexibility index (Phi) is 4.31. The summed E-state index contributed by atoms with van der Waals surface area (Å²) in [5.41, 5.74) is 1.34. The Hall–Kier alpha value is -2.30. The van der Waals surface area contributed by atoms with Crippen LogP contribution in [0.25, 0.3) is 0 Å². The molecule has 1 aromatic heterocycles. The van der Waals surface area contributed by atoms with Crippen LogP contribution >= 0.6 is 0 Å². The van der Waals surface area contributed by atoms with Crippen LogP contribution in [0.3, 0.4) is 0 Å². The maximum atomic E-state index is 13.2. The Labute approximate surface area is 122 Å². The fourth-order valence-corrected chi connectivity index (χ4v) is 2.73. The molecule has 0 radical (unpaired) electrons. The van der Waals surface area contributed by atoms with Gasteiger partial charge < -0.3 is 0 Å². The standard InChI is InChI=1S/C14H12FN3O2S/c1-10-4-5-17-8-12(10)9-18-21(19,20)13-2-3-14(15)11(6-13)7-16/h2-6,8,18H,9H2,1H3. The lowest BCUT2D eigenvalue weighted by Gasteiger charge is -2.09. The van der Waals surface area contributed by atoms with E-state index < -0.39 is 15.8 Å². The summed E-state index contributed by atoms with van der Waals surface area (Å²) in [5.74, 6) is -0.750. The van der Waals surface area contributed by atoms with E-state index in [-0.39, 0.29) is 17.0 Å². The summed E-state index contributed by atoms with van der Waals surface area (Å²) in [6.07, 6.45) is 3.19. The highest BCUT2D eigenvalue weighted by atomic mass is 32.2. The van der Waals surface area contributed by atoms with Crippen molar-refractivity contribution in [1.29, 1.82) is 5.26 Å². The van der Waals surface area contributed by atoms with E-state index in [0.29, 0.717) is 0 Å². The third-order valence-corrected chi connectivity index (χ3v) is 4.37. The van der Waals surface area contributed by atoms with Gasteiger partial charge in [0.05, 0.1) is 10.5 Å². The lowest BCUT2D eigenvalue weighted by atomic mass is 10.2. The molecule has 2 aromatic rings. The van der Waals surface area contributed by atoms with Crippen LogP contribution in [0.15, 0.2) is 41.6 Å². The van der Waals surface area contributed by atoms with Crippen LogP contribution in [0, 0.1) is 24.1 Å². The minimum absolute atomic E-state index is 0.0707. The van der Waals surface area contributed by atoms with Crippen molar-refractivity contribution in [2.24, 2.45) is 0 Å². The minimum atomic E-state index is -3.82. The quantitative estimate of drug-likeness (QED) is 0.935. The van der Waals surface area contributed by atoms with E-state index in [4.69, 9.17) is 5.26 Å². The van der Waals surface area contributed by atoms with Gasteiger partial charge in [0.2, 0.25) is 10.0 Å². The molecule has 0 saturated heterocycles. The molecule has 1 aromatic carbocycles. The SMILES string of the molecule is Cc1ccncc1CNS(=O)(=O)c1ccc(F)c(C#N)c1. The highest BCUT2D eigenvalue weighted by molar-refractivity contribution is 7.89. The molecule has 2 rings (SSSR count). The Morgan fingerprint density at radius 1 is 1.38 bits per heavy atom. The third-order valence-electron chi connectivity index (χ3n) is 2.97. The first-order valence-corrected chi connectivity index (χ1v) is 7.51. The van der Waals surface area contributed by atoms with Gasteiger partial charge in [-0.3, -0.25) is 4.98 Å². The van der Waals surface area contributed by atoms with Gasteiger partial charge in [0, 0.05) is 18.9 Å². The monoisotopic (exact) mass is 305 g/mol. The summed E-state index contributed by atoms with van der Waals surface area (Å²) in [6, 6.07) is 6.47. The van der Waals surface area contributed by atoms with Gasteiger partial charge in [-0.1, -0.05) is 0 Å². The lowest BCUT2D eigenvalue weighted by Crippen LogP contribution is -2.23. The second-order valence-electron chi connectivity index (χ2n) is 4.38. The molecule has 0 bridgehead atoms. The van der Waals surface area contributed by atoms with Crippen LogP contribution in [0.4, 0.5) is 4.39 Å². The largest absolute Gasteiger partial charge is 0.264 e. The second-order valence-corrected chi connectivity index (χ2v) is 6.15. The van der Waals surface area contributed by atoms with E-state index in [1.807, 2.05) is 6.92 Å². The van der Waals surface area contributed by atoms with Crippen LogP contribution in [-0.4, -0.2) is 13.4 Å². The van der Waals surface area contributed by atoms with Crippen LogP contribution in [0.5, 0.6) is 0 Å². The van der Waals surface area contributed by atoms with E-state index in [9.17, 15) is 12.8 Å². The lowest BCUT2D eigenvalue weighted by molar-refractivity contribution is 0.580. The zero-order chi connectivity index (χ0) is 15.5. The molecule has 21 heavy (non-hydrogen) atoms. The number of nitrogens with zero attached hydrogens (tertiary/aromatic N) is 2. The number of sulfonamides is 1. The first kappa shape index (κ1) is 15.1. The number of nitriles is 1. The molecule has 0 unspecified atom stereocenters. The molecular weight excluding hydrogens is 293 g/mol. The number of hydrogen-bond donors (Lipinski definition) is 1. The van der Waals surface area contributed by atoms with E-state index in [1.165, 1.54) is 0 Å². The van der Waals surface area contributed by atoms with Crippen LogP contribution in [-0.2, 0) is 16.6 Å². The normalized spacial score (nSPS) is 11.1. The number of rotatable bonds is 4. The van der Waals surface area contributed by atoms with Crippen molar-refractivity contribution in [2.75, 3.05) is 0 Å². The van der Waals surface area contributed by atoms with Crippen molar-refractivity contribution >= 4 is 10.0 Å². The van der Waals surface area contributed by atoms with E-state index in [2.05, 4.69) is 9.71 Å². The maximum absolute atomic E-state index is 13.2. The van der Waals surface area contributed by atoms with Gasteiger partial charge in [0.25, 0.3) is 0 Å². The molecule has 0 saturated carbocycles. The molecule has 0 atom stereocenters. The maximum Gasteiger partial charge on any atom is 0.240 e. The van der Waals surface area contributed by atoms with Gasteiger partial charge in [0.1, 0.15) is 11.9 Å². The molecular formula is C14H12FN3O2S. The number of benzene rings is 1. The van der Waals surface area contributed by atoms with Gasteiger partial charge in [0.15, 0.2) is 0 Å². The molecule has 0 aliphatic heterocycles. The highest BCUT2D eigenvalue weighted by Gasteiger charge is 2.16. The second kappa shape index (κ2) is 5.99. The Bertz CT molecular complexity index is 813. The van der Waals surface area contributed by atoms with Gasteiger partial charge in [-0.2, -0.15) is 5.26 Å². The fraction of sp³-hybridized carbons (Fsp3) is 0.143. The van der Waals surface area contributed by atoms with Crippen molar-refractivity contribution in [3.63, 3.8) is 0 Å². The van der Waals surface area contributed by atoms with Crippen LogP contribution in [0.2, 0.25) is 0 Å². The molecule has 1 N–H and O–H groups in total. The molecule has 0 spiro atoms. The predicted molar refractivity (Wildman–Crippen MR) is 74.1 cm³/mol. The van der Waals surface area contributed by atoms with Crippen LogP contribution < -0.4 is 4.72 Å². The van der Waals surface area contributed by atoms with Gasteiger partial charge in [-0.25, -0.2) is 17.5 Å². The average molecular weight is 305 g/mol. The molecule has 0 aliphatic rings. The van der Waals surface area contributed by atoms with Gasteiger partial charge in [-0.05, 0) is 42.3 Å². The number of hydrogen-bond acceptors (Lipinski definition) is 4. The predicted octanol–water partition coefficient (Wildman–Crippen LogP) is 1.88. The summed E-state index contributed by atoms with van der Waals surface area (Å²) >= 11 is 0. The average Bonchev–Trinajstić information content (AvgIpc) is 2.46. The first-order valence-electron chi connectivity index (χ1n) is 6.03. The zero-order valence-electron chi connectivity index (χ0n) is 11.2.